The minimum atomic E-state index is -3.34. The average molecular weight is 259 g/mol. The van der Waals surface area contributed by atoms with Crippen molar-refractivity contribution in [3.05, 3.63) is 0 Å². The highest BCUT2D eigenvalue weighted by Crippen LogP contribution is 2.21. The fraction of sp³-hybridized carbons (Fsp3) is 0.900. The standard InChI is InChI=1S/C10H17N3O3S/c11-9-10-1-3-12(4-2-10)17(14,15)13-5-7-16-8-6-13/h10H,1-8H2. The van der Waals surface area contributed by atoms with Crippen molar-refractivity contribution in [3.63, 3.8) is 0 Å². The summed E-state index contributed by atoms with van der Waals surface area (Å²) < 4.78 is 32.6. The van der Waals surface area contributed by atoms with Gasteiger partial charge < -0.3 is 4.74 Å². The van der Waals surface area contributed by atoms with E-state index < -0.39 is 10.2 Å². The van der Waals surface area contributed by atoms with E-state index in [0.29, 0.717) is 52.2 Å². The molecule has 2 aliphatic heterocycles. The normalized spacial score (nSPS) is 25.6. The highest BCUT2D eigenvalue weighted by Gasteiger charge is 2.33. The number of nitriles is 1. The second-order valence-electron chi connectivity index (χ2n) is 4.32. The fourth-order valence-corrected chi connectivity index (χ4v) is 3.77. The van der Waals surface area contributed by atoms with Crippen LogP contribution in [0.5, 0.6) is 0 Å². The van der Waals surface area contributed by atoms with Gasteiger partial charge in [0.2, 0.25) is 0 Å². The van der Waals surface area contributed by atoms with E-state index in [1.165, 1.54) is 8.61 Å². The lowest BCUT2D eigenvalue weighted by Crippen LogP contribution is -2.50. The molecule has 0 aliphatic carbocycles. The van der Waals surface area contributed by atoms with Gasteiger partial charge in [-0.25, -0.2) is 0 Å². The van der Waals surface area contributed by atoms with Crippen molar-refractivity contribution in [1.29, 1.82) is 5.26 Å². The first kappa shape index (κ1) is 12.8. The van der Waals surface area contributed by atoms with Crippen LogP contribution in [0.3, 0.4) is 0 Å². The van der Waals surface area contributed by atoms with Gasteiger partial charge in [0, 0.05) is 32.1 Å². The SMILES string of the molecule is N#CC1CCN(S(=O)(=O)N2CCOCC2)CC1. The lowest BCUT2D eigenvalue weighted by Gasteiger charge is -2.34. The molecule has 0 unspecified atom stereocenters. The van der Waals surface area contributed by atoms with Crippen LogP contribution in [0.25, 0.3) is 0 Å². The highest BCUT2D eigenvalue weighted by atomic mass is 32.2. The predicted octanol–water partition coefficient (Wildman–Crippen LogP) is -0.201. The number of morpholine rings is 1. The molecule has 17 heavy (non-hydrogen) atoms. The zero-order chi connectivity index (χ0) is 12.3. The van der Waals surface area contributed by atoms with Crippen molar-refractivity contribution in [2.24, 2.45) is 5.92 Å². The number of nitrogens with zero attached hydrogens (tertiary/aromatic N) is 3. The first-order chi connectivity index (χ1) is 8.14. The maximum absolute atomic E-state index is 12.2. The molecule has 2 fully saturated rings. The van der Waals surface area contributed by atoms with Crippen LogP contribution in [0.2, 0.25) is 0 Å². The molecule has 0 saturated carbocycles. The molecule has 0 atom stereocenters. The van der Waals surface area contributed by atoms with Crippen LogP contribution in [0.15, 0.2) is 0 Å². The molecule has 0 radical (unpaired) electrons. The van der Waals surface area contributed by atoms with Crippen molar-refractivity contribution < 1.29 is 13.2 Å². The molecule has 2 aliphatic rings. The lowest BCUT2D eigenvalue weighted by molar-refractivity contribution is 0.0695. The van der Waals surface area contributed by atoms with Crippen LogP contribution in [-0.4, -0.2) is 56.4 Å². The molecule has 0 amide bonds. The minimum absolute atomic E-state index is 0.00568. The molecule has 96 valence electrons. The van der Waals surface area contributed by atoms with Gasteiger partial charge in [0.05, 0.1) is 19.3 Å². The summed E-state index contributed by atoms with van der Waals surface area (Å²) in [4.78, 5) is 0. The Morgan fingerprint density at radius 2 is 1.59 bits per heavy atom. The van der Waals surface area contributed by atoms with Crippen LogP contribution < -0.4 is 0 Å². The highest BCUT2D eigenvalue weighted by molar-refractivity contribution is 7.86. The third-order valence-electron chi connectivity index (χ3n) is 3.26. The molecule has 2 heterocycles. The van der Waals surface area contributed by atoms with Crippen LogP contribution in [0.1, 0.15) is 12.8 Å². The van der Waals surface area contributed by atoms with Crippen molar-refractivity contribution in [3.8, 4) is 6.07 Å². The van der Waals surface area contributed by atoms with E-state index in [1.807, 2.05) is 0 Å². The molecule has 0 spiro atoms. The number of rotatable bonds is 2. The number of hydrogen-bond donors (Lipinski definition) is 0. The minimum Gasteiger partial charge on any atom is -0.379 e. The molecular formula is C10H17N3O3S. The van der Waals surface area contributed by atoms with Gasteiger partial charge >= 0.3 is 0 Å². The number of hydrogen-bond acceptors (Lipinski definition) is 4. The molecule has 0 bridgehead atoms. The Kier molecular flexibility index (Phi) is 3.99. The predicted molar refractivity (Wildman–Crippen MR) is 61.2 cm³/mol. The molecule has 2 rings (SSSR count). The Hall–Kier alpha value is -0.680. The van der Waals surface area contributed by atoms with Gasteiger partial charge in [-0.05, 0) is 12.8 Å². The Balaban J connectivity index is 1.99. The van der Waals surface area contributed by atoms with Crippen molar-refractivity contribution in [2.75, 3.05) is 39.4 Å². The largest absolute Gasteiger partial charge is 0.379 e. The number of piperidine rings is 1. The van der Waals surface area contributed by atoms with Crippen LogP contribution in [-0.2, 0) is 14.9 Å². The van der Waals surface area contributed by atoms with E-state index in [9.17, 15) is 8.42 Å². The summed E-state index contributed by atoms with van der Waals surface area (Å²) in [5, 5.41) is 8.78. The summed E-state index contributed by atoms with van der Waals surface area (Å²) in [5.74, 6) is 0.00568. The van der Waals surface area contributed by atoms with Crippen LogP contribution >= 0.6 is 0 Å². The van der Waals surface area contributed by atoms with Crippen LogP contribution in [0.4, 0.5) is 0 Å². The smallest absolute Gasteiger partial charge is 0.282 e. The monoisotopic (exact) mass is 259 g/mol. The molecular weight excluding hydrogens is 242 g/mol. The summed E-state index contributed by atoms with van der Waals surface area (Å²) in [6.07, 6.45) is 1.28. The van der Waals surface area contributed by atoms with Crippen molar-refractivity contribution >= 4 is 10.2 Å². The zero-order valence-electron chi connectivity index (χ0n) is 9.71. The Morgan fingerprint density at radius 3 is 2.12 bits per heavy atom. The maximum atomic E-state index is 12.2. The molecule has 0 aromatic heterocycles. The quantitative estimate of drug-likeness (QED) is 0.688. The summed E-state index contributed by atoms with van der Waals surface area (Å²) in [7, 11) is -3.34. The van der Waals surface area contributed by atoms with E-state index in [-0.39, 0.29) is 5.92 Å². The van der Waals surface area contributed by atoms with Gasteiger partial charge in [0.25, 0.3) is 10.2 Å². The number of ether oxygens (including phenoxy) is 1. The third kappa shape index (κ3) is 2.77. The van der Waals surface area contributed by atoms with Crippen molar-refractivity contribution in [2.45, 2.75) is 12.8 Å². The topological polar surface area (TPSA) is 73.6 Å². The molecule has 7 heteroatoms. The van der Waals surface area contributed by atoms with E-state index in [1.54, 1.807) is 0 Å². The van der Waals surface area contributed by atoms with E-state index >= 15 is 0 Å². The van der Waals surface area contributed by atoms with Gasteiger partial charge in [0.1, 0.15) is 0 Å². The summed E-state index contributed by atoms with van der Waals surface area (Å²) in [6.45, 7) is 2.71. The molecule has 0 aromatic carbocycles. The summed E-state index contributed by atoms with van der Waals surface area (Å²) in [6, 6.07) is 2.20. The van der Waals surface area contributed by atoms with E-state index in [0.717, 1.165) is 0 Å². The first-order valence-electron chi connectivity index (χ1n) is 5.87. The molecule has 6 nitrogen and oxygen atoms in total. The van der Waals surface area contributed by atoms with Gasteiger partial charge in [-0.15, -0.1) is 0 Å². The Morgan fingerprint density at radius 1 is 1.06 bits per heavy atom. The second-order valence-corrected chi connectivity index (χ2v) is 6.25. The van der Waals surface area contributed by atoms with Gasteiger partial charge in [-0.3, -0.25) is 0 Å². The Bertz CT molecular complexity index is 390. The second kappa shape index (κ2) is 5.31. The average Bonchev–Trinajstić information content (AvgIpc) is 2.40. The zero-order valence-corrected chi connectivity index (χ0v) is 10.5. The van der Waals surface area contributed by atoms with Gasteiger partial charge in [-0.1, -0.05) is 0 Å². The maximum Gasteiger partial charge on any atom is 0.282 e. The van der Waals surface area contributed by atoms with Gasteiger partial charge in [0.15, 0.2) is 0 Å². The van der Waals surface area contributed by atoms with Crippen molar-refractivity contribution in [1.82, 2.24) is 8.61 Å². The van der Waals surface area contributed by atoms with E-state index in [2.05, 4.69) is 6.07 Å². The van der Waals surface area contributed by atoms with Gasteiger partial charge in [-0.2, -0.15) is 22.3 Å². The molecule has 2 saturated heterocycles. The summed E-state index contributed by atoms with van der Waals surface area (Å²) in [5.41, 5.74) is 0. The lowest BCUT2D eigenvalue weighted by atomic mass is 10.0. The first-order valence-corrected chi connectivity index (χ1v) is 7.27. The fourth-order valence-electron chi connectivity index (χ4n) is 2.16. The molecule has 0 N–H and O–H groups in total. The summed E-state index contributed by atoms with van der Waals surface area (Å²) >= 11 is 0. The van der Waals surface area contributed by atoms with E-state index in [4.69, 9.17) is 10.00 Å². The Labute approximate surface area is 102 Å². The molecule has 0 aromatic rings. The third-order valence-corrected chi connectivity index (χ3v) is 5.29. The van der Waals surface area contributed by atoms with Crippen LogP contribution in [0, 0.1) is 17.2 Å².